The number of halogens is 2. The van der Waals surface area contributed by atoms with Crippen molar-refractivity contribution < 1.29 is 27.8 Å². The summed E-state index contributed by atoms with van der Waals surface area (Å²) in [6, 6.07) is 5.34. The third-order valence-corrected chi connectivity index (χ3v) is 2.65. The number of ether oxygens (including phenoxy) is 2. The van der Waals surface area contributed by atoms with Crippen LogP contribution in [0.4, 0.5) is 14.5 Å². The smallest absolute Gasteiger partial charge is 0.329 e. The highest BCUT2D eigenvalue weighted by molar-refractivity contribution is 5.90. The number of methoxy groups -OCH3 is 1. The molecule has 0 fully saturated rings. The van der Waals surface area contributed by atoms with E-state index in [1.54, 1.807) is 31.2 Å². The van der Waals surface area contributed by atoms with Crippen LogP contribution in [-0.2, 0) is 14.3 Å². The van der Waals surface area contributed by atoms with Crippen molar-refractivity contribution in [3.05, 3.63) is 24.3 Å². The molecule has 0 saturated heterocycles. The third-order valence-electron chi connectivity index (χ3n) is 2.65. The number of alkyl halides is 2. The highest BCUT2D eigenvalue weighted by Crippen LogP contribution is 2.17. The maximum Gasteiger partial charge on any atom is 0.329 e. The fourth-order valence-corrected chi connectivity index (χ4v) is 1.61. The van der Waals surface area contributed by atoms with E-state index in [1.165, 1.54) is 7.11 Å². The van der Waals surface area contributed by atoms with Crippen LogP contribution in [0.3, 0.4) is 0 Å². The average Bonchev–Trinajstić information content (AvgIpc) is 2.47. The summed E-state index contributed by atoms with van der Waals surface area (Å²) < 4.78 is 34.4. The predicted molar refractivity (Wildman–Crippen MR) is 72.7 cm³/mol. The largest absolute Gasteiger partial charge is 0.497 e. The van der Waals surface area contributed by atoms with Crippen molar-refractivity contribution >= 4 is 17.4 Å². The molecule has 116 valence electrons. The van der Waals surface area contributed by atoms with Gasteiger partial charge in [0.2, 0.25) is 5.78 Å². The topological polar surface area (TPSA) is 64.6 Å². The molecule has 0 heterocycles. The van der Waals surface area contributed by atoms with Crippen LogP contribution >= 0.6 is 0 Å². The van der Waals surface area contributed by atoms with E-state index < -0.39 is 30.6 Å². The lowest BCUT2D eigenvalue weighted by Crippen LogP contribution is -2.35. The molecule has 1 atom stereocenters. The molecule has 1 N–H and O–H groups in total. The first-order chi connectivity index (χ1) is 9.97. The molecule has 5 nitrogen and oxygen atoms in total. The maximum atomic E-state index is 12.3. The Balaban J connectivity index is 2.79. The number of hydrogen-bond acceptors (Lipinski definition) is 5. The molecule has 7 heteroatoms. The van der Waals surface area contributed by atoms with Gasteiger partial charge in [0.25, 0.3) is 6.43 Å². The van der Waals surface area contributed by atoms with Crippen molar-refractivity contribution in [1.29, 1.82) is 0 Å². The average molecular weight is 301 g/mol. The van der Waals surface area contributed by atoms with Crippen molar-refractivity contribution in [3.63, 3.8) is 0 Å². The molecule has 0 amide bonds. The molecule has 0 aliphatic rings. The number of benzene rings is 1. The Kier molecular flexibility index (Phi) is 6.58. The number of nitrogens with one attached hydrogen (secondary N) is 1. The second-order valence-electron chi connectivity index (χ2n) is 4.15. The van der Waals surface area contributed by atoms with E-state index in [-0.39, 0.29) is 6.61 Å². The van der Waals surface area contributed by atoms with Gasteiger partial charge in [-0.1, -0.05) is 0 Å². The van der Waals surface area contributed by atoms with Crippen molar-refractivity contribution in [3.8, 4) is 5.75 Å². The summed E-state index contributed by atoms with van der Waals surface area (Å²) in [6.45, 7) is 1.69. The molecule has 0 spiro atoms. The normalized spacial score (nSPS) is 11.9. The van der Waals surface area contributed by atoms with E-state index in [0.717, 1.165) is 0 Å². The first-order valence-electron chi connectivity index (χ1n) is 6.36. The van der Waals surface area contributed by atoms with Crippen LogP contribution in [0.15, 0.2) is 24.3 Å². The van der Waals surface area contributed by atoms with Crippen LogP contribution in [0.5, 0.6) is 5.75 Å². The van der Waals surface area contributed by atoms with Gasteiger partial charge in [-0.05, 0) is 31.2 Å². The van der Waals surface area contributed by atoms with Gasteiger partial charge in [-0.15, -0.1) is 0 Å². The first kappa shape index (κ1) is 16.9. The van der Waals surface area contributed by atoms with Gasteiger partial charge in [-0.2, -0.15) is 0 Å². The number of hydrogen-bond donors (Lipinski definition) is 1. The molecule has 1 aromatic rings. The van der Waals surface area contributed by atoms with Crippen molar-refractivity contribution in [1.82, 2.24) is 0 Å². The van der Waals surface area contributed by atoms with Gasteiger partial charge in [0, 0.05) is 12.1 Å². The number of carbonyl (C=O) groups excluding carboxylic acids is 2. The first-order valence-corrected chi connectivity index (χ1v) is 6.36. The molecule has 0 aromatic heterocycles. The Morgan fingerprint density at radius 3 is 2.33 bits per heavy atom. The SMILES string of the molecule is CCOC(=O)C(CC(=O)C(F)F)Nc1ccc(OC)cc1. The lowest BCUT2D eigenvalue weighted by atomic mass is 10.1. The van der Waals surface area contributed by atoms with E-state index in [1.807, 2.05) is 0 Å². The number of esters is 1. The Hall–Kier alpha value is -2.18. The molecule has 21 heavy (non-hydrogen) atoms. The van der Waals surface area contributed by atoms with Crippen LogP contribution in [0.2, 0.25) is 0 Å². The van der Waals surface area contributed by atoms with E-state index in [9.17, 15) is 18.4 Å². The second kappa shape index (κ2) is 8.18. The molecule has 0 saturated carbocycles. The van der Waals surface area contributed by atoms with Gasteiger partial charge in [0.05, 0.1) is 13.7 Å². The fraction of sp³-hybridized carbons (Fsp3) is 0.429. The minimum absolute atomic E-state index is 0.0997. The lowest BCUT2D eigenvalue weighted by molar-refractivity contribution is -0.146. The monoisotopic (exact) mass is 301 g/mol. The number of Topliss-reactive ketones (excluding diaryl/α,β-unsaturated/α-hetero) is 1. The Morgan fingerprint density at radius 2 is 1.86 bits per heavy atom. The fourth-order valence-electron chi connectivity index (χ4n) is 1.61. The zero-order valence-electron chi connectivity index (χ0n) is 11.8. The second-order valence-corrected chi connectivity index (χ2v) is 4.15. The third kappa shape index (κ3) is 5.37. The van der Waals surface area contributed by atoms with Crippen molar-refractivity contribution in [2.75, 3.05) is 19.0 Å². The highest BCUT2D eigenvalue weighted by atomic mass is 19.3. The molecular formula is C14H17F2NO4. The lowest BCUT2D eigenvalue weighted by Gasteiger charge is -2.17. The standard InChI is InChI=1S/C14H17F2NO4/c1-3-21-14(19)11(8-12(18)13(15)16)17-9-4-6-10(20-2)7-5-9/h4-7,11,13,17H,3,8H2,1-2H3. The van der Waals surface area contributed by atoms with Crippen molar-refractivity contribution in [2.24, 2.45) is 0 Å². The number of anilines is 1. The molecule has 1 rings (SSSR count). The van der Waals surface area contributed by atoms with E-state index in [4.69, 9.17) is 9.47 Å². The van der Waals surface area contributed by atoms with E-state index >= 15 is 0 Å². The predicted octanol–water partition coefficient (Wildman–Crippen LogP) is 2.26. The number of carbonyl (C=O) groups is 2. The summed E-state index contributed by atoms with van der Waals surface area (Å²) in [4.78, 5) is 22.9. The van der Waals surface area contributed by atoms with E-state index in [0.29, 0.717) is 11.4 Å². The van der Waals surface area contributed by atoms with Crippen LogP contribution in [0.1, 0.15) is 13.3 Å². The molecule has 1 unspecified atom stereocenters. The van der Waals surface area contributed by atoms with Crippen molar-refractivity contribution in [2.45, 2.75) is 25.8 Å². The van der Waals surface area contributed by atoms with Gasteiger partial charge in [-0.25, -0.2) is 13.6 Å². The van der Waals surface area contributed by atoms with Gasteiger partial charge < -0.3 is 14.8 Å². The summed E-state index contributed by atoms with van der Waals surface area (Å²) >= 11 is 0. The quantitative estimate of drug-likeness (QED) is 0.746. The van der Waals surface area contributed by atoms with Crippen LogP contribution < -0.4 is 10.1 Å². The Labute approximate surface area is 121 Å². The summed E-state index contributed by atoms with van der Waals surface area (Å²) in [6.07, 6.45) is -3.75. The summed E-state index contributed by atoms with van der Waals surface area (Å²) in [5, 5.41) is 2.72. The van der Waals surface area contributed by atoms with Crippen LogP contribution in [-0.4, -0.2) is 37.9 Å². The molecule has 1 aromatic carbocycles. The maximum absolute atomic E-state index is 12.3. The minimum atomic E-state index is -3.11. The van der Waals surface area contributed by atoms with Gasteiger partial charge in [0.15, 0.2) is 0 Å². The zero-order chi connectivity index (χ0) is 15.8. The molecule has 0 radical (unpaired) electrons. The molecular weight excluding hydrogens is 284 g/mol. The summed E-state index contributed by atoms with van der Waals surface area (Å²) in [7, 11) is 1.51. The Bertz CT molecular complexity index is 476. The molecule has 0 bridgehead atoms. The zero-order valence-corrected chi connectivity index (χ0v) is 11.8. The molecule has 0 aliphatic heterocycles. The van der Waals surface area contributed by atoms with Crippen LogP contribution in [0, 0.1) is 0 Å². The summed E-state index contributed by atoms with van der Waals surface area (Å²) in [5.74, 6) is -1.45. The van der Waals surface area contributed by atoms with Gasteiger partial charge in [0.1, 0.15) is 11.8 Å². The van der Waals surface area contributed by atoms with Gasteiger partial charge >= 0.3 is 5.97 Å². The van der Waals surface area contributed by atoms with Crippen LogP contribution in [0.25, 0.3) is 0 Å². The Morgan fingerprint density at radius 1 is 1.24 bits per heavy atom. The summed E-state index contributed by atoms with van der Waals surface area (Å²) in [5.41, 5.74) is 0.496. The number of ketones is 1. The molecule has 0 aliphatic carbocycles. The van der Waals surface area contributed by atoms with E-state index in [2.05, 4.69) is 5.32 Å². The highest BCUT2D eigenvalue weighted by Gasteiger charge is 2.27. The minimum Gasteiger partial charge on any atom is -0.497 e. The number of rotatable bonds is 8. The van der Waals surface area contributed by atoms with Gasteiger partial charge in [-0.3, -0.25) is 4.79 Å².